The summed E-state index contributed by atoms with van der Waals surface area (Å²) in [5.41, 5.74) is 3.37. The number of amides is 2. The Bertz CT molecular complexity index is 833. The van der Waals surface area contributed by atoms with Crippen LogP contribution in [0.15, 0.2) is 41.5 Å². The number of benzene rings is 1. The lowest BCUT2D eigenvalue weighted by atomic mass is 9.95. The molecule has 1 N–H and O–H groups in total. The van der Waals surface area contributed by atoms with Crippen molar-refractivity contribution < 1.29 is 14.0 Å². The summed E-state index contributed by atoms with van der Waals surface area (Å²) in [5, 5.41) is 3.02. The molecule has 0 saturated carbocycles. The number of anilines is 1. The third-order valence-corrected chi connectivity index (χ3v) is 4.71. The predicted octanol–water partition coefficient (Wildman–Crippen LogP) is 3.32. The van der Waals surface area contributed by atoms with E-state index in [1.807, 2.05) is 32.0 Å². The van der Waals surface area contributed by atoms with Crippen molar-refractivity contribution in [1.29, 1.82) is 0 Å². The molecule has 0 radical (unpaired) electrons. The van der Waals surface area contributed by atoms with Crippen LogP contribution in [0.2, 0.25) is 0 Å². The summed E-state index contributed by atoms with van der Waals surface area (Å²) >= 11 is 0. The van der Waals surface area contributed by atoms with E-state index >= 15 is 0 Å². The van der Waals surface area contributed by atoms with Crippen LogP contribution in [0.3, 0.4) is 0 Å². The fourth-order valence-electron chi connectivity index (χ4n) is 3.10. The fraction of sp³-hybridized carbons (Fsp3) is 0.350. The highest BCUT2D eigenvalue weighted by Crippen LogP contribution is 2.26. The minimum atomic E-state index is -0.101. The van der Waals surface area contributed by atoms with Crippen LogP contribution in [0, 0.1) is 19.8 Å². The van der Waals surface area contributed by atoms with E-state index in [4.69, 9.17) is 4.42 Å². The first-order valence-corrected chi connectivity index (χ1v) is 8.73. The molecular weight excluding hydrogens is 330 g/mol. The standard InChI is InChI=1S/C20H23N3O3/c1-4-18(24)23-9-7-15(8-10-23)19(25)22-17-11-16(6-5-13(17)2)20-21-14(3)12-26-20/h4-6,11-12,15H,1,7-10H2,2-3H3,(H,22,25). The molecule has 26 heavy (non-hydrogen) atoms. The maximum absolute atomic E-state index is 12.6. The van der Waals surface area contributed by atoms with Crippen molar-refractivity contribution in [2.75, 3.05) is 18.4 Å². The topological polar surface area (TPSA) is 75.4 Å². The molecule has 0 atom stereocenters. The quantitative estimate of drug-likeness (QED) is 0.856. The monoisotopic (exact) mass is 353 g/mol. The lowest BCUT2D eigenvalue weighted by molar-refractivity contribution is -0.130. The smallest absolute Gasteiger partial charge is 0.245 e. The van der Waals surface area contributed by atoms with Crippen LogP contribution >= 0.6 is 0 Å². The highest BCUT2D eigenvalue weighted by atomic mass is 16.3. The van der Waals surface area contributed by atoms with Crippen LogP contribution < -0.4 is 5.32 Å². The summed E-state index contributed by atoms with van der Waals surface area (Å²) in [4.78, 5) is 30.3. The summed E-state index contributed by atoms with van der Waals surface area (Å²) < 4.78 is 5.44. The highest BCUT2D eigenvalue weighted by molar-refractivity contribution is 5.94. The summed E-state index contributed by atoms with van der Waals surface area (Å²) in [6.07, 6.45) is 4.23. The molecule has 0 spiro atoms. The van der Waals surface area contributed by atoms with E-state index in [9.17, 15) is 9.59 Å². The van der Waals surface area contributed by atoms with Crippen molar-refractivity contribution in [2.24, 2.45) is 5.92 Å². The van der Waals surface area contributed by atoms with Gasteiger partial charge in [-0.25, -0.2) is 4.98 Å². The van der Waals surface area contributed by atoms with E-state index < -0.39 is 0 Å². The first-order valence-electron chi connectivity index (χ1n) is 8.73. The number of likely N-dealkylation sites (tertiary alicyclic amines) is 1. The molecule has 136 valence electrons. The second-order valence-electron chi connectivity index (χ2n) is 6.62. The van der Waals surface area contributed by atoms with Crippen molar-refractivity contribution in [3.05, 3.63) is 48.4 Å². The Morgan fingerprint density at radius 2 is 2.04 bits per heavy atom. The molecule has 1 aliphatic heterocycles. The second kappa shape index (κ2) is 7.56. The van der Waals surface area contributed by atoms with Crippen LogP contribution in [-0.2, 0) is 9.59 Å². The van der Waals surface area contributed by atoms with Crippen LogP contribution in [0.1, 0.15) is 24.1 Å². The zero-order chi connectivity index (χ0) is 18.7. The molecule has 1 aromatic heterocycles. The number of nitrogens with zero attached hydrogens (tertiary/aromatic N) is 2. The van der Waals surface area contributed by atoms with E-state index in [2.05, 4.69) is 16.9 Å². The van der Waals surface area contributed by atoms with Crippen molar-refractivity contribution in [2.45, 2.75) is 26.7 Å². The number of hydrogen-bond acceptors (Lipinski definition) is 4. The number of oxazole rings is 1. The molecule has 2 aromatic rings. The second-order valence-corrected chi connectivity index (χ2v) is 6.62. The van der Waals surface area contributed by atoms with Gasteiger partial charge in [-0.05, 0) is 50.5 Å². The molecule has 3 rings (SSSR count). The van der Waals surface area contributed by atoms with Gasteiger partial charge in [0.1, 0.15) is 6.26 Å². The van der Waals surface area contributed by atoms with Crippen molar-refractivity contribution in [1.82, 2.24) is 9.88 Å². The predicted molar refractivity (Wildman–Crippen MR) is 99.5 cm³/mol. The third kappa shape index (κ3) is 3.85. The number of rotatable bonds is 4. The first-order chi connectivity index (χ1) is 12.5. The normalized spacial score (nSPS) is 14.9. The summed E-state index contributed by atoms with van der Waals surface area (Å²) in [7, 11) is 0. The Hall–Kier alpha value is -2.89. The van der Waals surface area contributed by atoms with Gasteiger partial charge in [-0.1, -0.05) is 12.6 Å². The highest BCUT2D eigenvalue weighted by Gasteiger charge is 2.26. The largest absolute Gasteiger partial charge is 0.444 e. The Morgan fingerprint density at radius 3 is 2.65 bits per heavy atom. The lowest BCUT2D eigenvalue weighted by Gasteiger charge is -2.30. The molecule has 0 bridgehead atoms. The zero-order valence-corrected chi connectivity index (χ0v) is 15.1. The minimum Gasteiger partial charge on any atom is -0.444 e. The molecule has 0 unspecified atom stereocenters. The molecule has 2 heterocycles. The number of aryl methyl sites for hydroxylation is 2. The van der Waals surface area contributed by atoms with Crippen molar-refractivity contribution in [3.8, 4) is 11.5 Å². The average molecular weight is 353 g/mol. The van der Waals surface area contributed by atoms with Gasteiger partial charge in [0.15, 0.2) is 0 Å². The summed E-state index contributed by atoms with van der Waals surface area (Å²) in [6.45, 7) is 8.49. The first kappa shape index (κ1) is 17.9. The van der Waals surface area contributed by atoms with Crippen LogP contribution in [-0.4, -0.2) is 34.8 Å². The SMILES string of the molecule is C=CC(=O)N1CCC(C(=O)Nc2cc(-c3nc(C)co3)ccc2C)CC1. The van der Waals surface area contributed by atoms with E-state index in [0.717, 1.165) is 22.5 Å². The Labute approximate surface area is 152 Å². The van der Waals surface area contributed by atoms with Gasteiger partial charge in [0, 0.05) is 30.3 Å². The van der Waals surface area contributed by atoms with Crippen LogP contribution in [0.5, 0.6) is 0 Å². The molecule has 2 amide bonds. The number of hydrogen-bond donors (Lipinski definition) is 1. The van der Waals surface area contributed by atoms with Gasteiger partial charge < -0.3 is 14.6 Å². The van der Waals surface area contributed by atoms with Crippen LogP contribution in [0.25, 0.3) is 11.5 Å². The van der Waals surface area contributed by atoms with Gasteiger partial charge in [0.05, 0.1) is 5.69 Å². The molecule has 1 saturated heterocycles. The molecule has 6 heteroatoms. The van der Waals surface area contributed by atoms with E-state index in [1.54, 1.807) is 11.2 Å². The fourth-order valence-corrected chi connectivity index (χ4v) is 3.10. The molecule has 1 aliphatic rings. The van der Waals surface area contributed by atoms with Gasteiger partial charge in [0.2, 0.25) is 17.7 Å². The van der Waals surface area contributed by atoms with Gasteiger partial charge >= 0.3 is 0 Å². The summed E-state index contributed by atoms with van der Waals surface area (Å²) in [6, 6.07) is 5.75. The molecular formula is C20H23N3O3. The van der Waals surface area contributed by atoms with E-state index in [-0.39, 0.29) is 17.7 Å². The average Bonchev–Trinajstić information content (AvgIpc) is 3.09. The number of carbonyl (C=O) groups excluding carboxylic acids is 2. The number of aromatic nitrogens is 1. The van der Waals surface area contributed by atoms with E-state index in [1.165, 1.54) is 6.08 Å². The van der Waals surface area contributed by atoms with Gasteiger partial charge in [-0.3, -0.25) is 9.59 Å². The number of piperidine rings is 1. The Kier molecular flexibility index (Phi) is 5.21. The molecule has 1 aromatic carbocycles. The Morgan fingerprint density at radius 1 is 1.31 bits per heavy atom. The number of nitrogens with one attached hydrogen (secondary N) is 1. The van der Waals surface area contributed by atoms with Gasteiger partial charge in [-0.15, -0.1) is 0 Å². The van der Waals surface area contributed by atoms with Crippen molar-refractivity contribution >= 4 is 17.5 Å². The lowest BCUT2D eigenvalue weighted by Crippen LogP contribution is -2.40. The third-order valence-electron chi connectivity index (χ3n) is 4.71. The minimum absolute atomic E-state index is 0.0143. The maximum atomic E-state index is 12.6. The zero-order valence-electron chi connectivity index (χ0n) is 15.1. The van der Waals surface area contributed by atoms with Gasteiger partial charge in [0.25, 0.3) is 0 Å². The van der Waals surface area contributed by atoms with Crippen LogP contribution in [0.4, 0.5) is 5.69 Å². The molecule has 6 nitrogen and oxygen atoms in total. The maximum Gasteiger partial charge on any atom is 0.245 e. The molecule has 0 aliphatic carbocycles. The molecule has 1 fully saturated rings. The van der Waals surface area contributed by atoms with E-state index in [0.29, 0.717) is 31.8 Å². The number of carbonyl (C=O) groups is 2. The van der Waals surface area contributed by atoms with Crippen molar-refractivity contribution in [3.63, 3.8) is 0 Å². The Balaban J connectivity index is 1.68. The summed E-state index contributed by atoms with van der Waals surface area (Å²) in [5.74, 6) is 0.346. The van der Waals surface area contributed by atoms with Gasteiger partial charge in [-0.2, -0.15) is 0 Å².